The predicted octanol–water partition coefficient (Wildman–Crippen LogP) is 1.94. The molecule has 0 saturated carbocycles. The van der Waals surface area contributed by atoms with Gasteiger partial charge in [-0.05, 0) is 24.1 Å². The number of rotatable bonds is 8. The van der Waals surface area contributed by atoms with Gasteiger partial charge in [0.2, 0.25) is 0 Å². The van der Waals surface area contributed by atoms with Gasteiger partial charge in [0, 0.05) is 37.3 Å². The number of aromatic nitrogens is 2. The fourth-order valence-electron chi connectivity index (χ4n) is 3.10. The Morgan fingerprint density at radius 2 is 2.32 bits per heavy atom. The second-order valence-electron chi connectivity index (χ2n) is 6.30. The van der Waals surface area contributed by atoms with Crippen LogP contribution in [0.3, 0.4) is 0 Å². The second kappa shape index (κ2) is 8.18. The molecule has 0 fully saturated rings. The molecule has 0 spiro atoms. The molecule has 6 heteroatoms. The summed E-state index contributed by atoms with van der Waals surface area (Å²) >= 11 is 0. The first-order valence-corrected chi connectivity index (χ1v) is 8.51. The Hall–Kier alpha value is -2.31. The van der Waals surface area contributed by atoms with Crippen molar-refractivity contribution in [2.75, 3.05) is 26.8 Å². The highest BCUT2D eigenvalue weighted by Crippen LogP contribution is 2.28. The van der Waals surface area contributed by atoms with Crippen molar-refractivity contribution in [1.29, 1.82) is 0 Å². The maximum atomic E-state index is 10.3. The minimum Gasteiger partial charge on any atom is -0.493 e. The topological polar surface area (TPSA) is 70.6 Å². The lowest BCUT2D eigenvalue weighted by molar-refractivity contribution is 0.0627. The highest BCUT2D eigenvalue weighted by molar-refractivity contribution is 5.43. The van der Waals surface area contributed by atoms with E-state index in [9.17, 15) is 5.11 Å². The number of hydrogen-bond acceptors (Lipinski definition) is 5. The van der Waals surface area contributed by atoms with Gasteiger partial charge >= 0.3 is 0 Å². The van der Waals surface area contributed by atoms with E-state index >= 15 is 0 Å². The zero-order valence-electron chi connectivity index (χ0n) is 14.6. The number of H-pyrrole nitrogens is 1. The standard InChI is InChI=1S/C19H25N3O3/c1-3-4-14-5-6-18(19(9-14)24-2)25-13-16(23)12-22-8-7-17-15(11-22)10-20-21-17/h3,5-6,9-10,16,23H,1,4,7-8,11-13H2,2H3,(H,20,21). The van der Waals surface area contributed by atoms with Crippen LogP contribution in [0.4, 0.5) is 0 Å². The summed E-state index contributed by atoms with van der Waals surface area (Å²) in [7, 11) is 1.62. The van der Waals surface area contributed by atoms with Crippen LogP contribution in [0, 0.1) is 0 Å². The van der Waals surface area contributed by atoms with Gasteiger partial charge in [-0.2, -0.15) is 5.10 Å². The monoisotopic (exact) mass is 343 g/mol. The molecule has 0 aliphatic carbocycles. The van der Waals surface area contributed by atoms with Gasteiger partial charge in [-0.15, -0.1) is 6.58 Å². The molecule has 2 aromatic rings. The predicted molar refractivity (Wildman–Crippen MR) is 96.0 cm³/mol. The summed E-state index contributed by atoms with van der Waals surface area (Å²) in [6.07, 6.45) is 4.86. The number of nitrogens with zero attached hydrogens (tertiary/aromatic N) is 2. The normalized spacial score (nSPS) is 15.4. The molecule has 0 amide bonds. The molecular formula is C19H25N3O3. The number of allylic oxidation sites excluding steroid dienone is 1. The number of fused-ring (bicyclic) bond motifs is 1. The Balaban J connectivity index is 1.52. The molecule has 0 bridgehead atoms. The Morgan fingerprint density at radius 3 is 3.12 bits per heavy atom. The van der Waals surface area contributed by atoms with Crippen LogP contribution in [-0.4, -0.2) is 53.1 Å². The number of aliphatic hydroxyl groups excluding tert-OH is 1. The number of ether oxygens (including phenoxy) is 2. The lowest BCUT2D eigenvalue weighted by Crippen LogP contribution is -2.38. The Bertz CT molecular complexity index is 714. The highest BCUT2D eigenvalue weighted by Gasteiger charge is 2.20. The SMILES string of the molecule is C=CCc1ccc(OCC(O)CN2CCc3[nH]ncc3C2)c(OC)c1. The van der Waals surface area contributed by atoms with Crippen LogP contribution in [0.5, 0.6) is 11.5 Å². The molecule has 3 rings (SSSR count). The Kier molecular flexibility index (Phi) is 5.73. The van der Waals surface area contributed by atoms with Crippen molar-refractivity contribution in [2.45, 2.75) is 25.5 Å². The van der Waals surface area contributed by atoms with Crippen LogP contribution < -0.4 is 9.47 Å². The highest BCUT2D eigenvalue weighted by atomic mass is 16.5. The van der Waals surface area contributed by atoms with Crippen molar-refractivity contribution in [3.63, 3.8) is 0 Å². The van der Waals surface area contributed by atoms with E-state index in [0.29, 0.717) is 18.0 Å². The number of aliphatic hydroxyl groups is 1. The average Bonchev–Trinajstić information content (AvgIpc) is 3.08. The maximum Gasteiger partial charge on any atom is 0.161 e. The van der Waals surface area contributed by atoms with E-state index in [1.54, 1.807) is 7.11 Å². The molecule has 0 radical (unpaired) electrons. The molecule has 1 aromatic heterocycles. The number of nitrogens with one attached hydrogen (secondary N) is 1. The van der Waals surface area contributed by atoms with Gasteiger partial charge in [0.15, 0.2) is 11.5 Å². The van der Waals surface area contributed by atoms with Crippen LogP contribution in [0.2, 0.25) is 0 Å². The molecule has 2 heterocycles. The van der Waals surface area contributed by atoms with Crippen LogP contribution in [-0.2, 0) is 19.4 Å². The van der Waals surface area contributed by atoms with Gasteiger partial charge in [0.05, 0.1) is 13.3 Å². The lowest BCUT2D eigenvalue weighted by atomic mass is 10.1. The van der Waals surface area contributed by atoms with E-state index < -0.39 is 6.10 Å². The van der Waals surface area contributed by atoms with Gasteiger partial charge < -0.3 is 14.6 Å². The Morgan fingerprint density at radius 1 is 1.44 bits per heavy atom. The largest absolute Gasteiger partial charge is 0.493 e. The van der Waals surface area contributed by atoms with Crippen molar-refractivity contribution in [1.82, 2.24) is 15.1 Å². The quantitative estimate of drug-likeness (QED) is 0.717. The van der Waals surface area contributed by atoms with Gasteiger partial charge in [0.25, 0.3) is 0 Å². The molecule has 0 saturated heterocycles. The van der Waals surface area contributed by atoms with E-state index in [2.05, 4.69) is 21.7 Å². The molecule has 1 unspecified atom stereocenters. The fourth-order valence-corrected chi connectivity index (χ4v) is 3.10. The molecule has 1 aliphatic heterocycles. The summed E-state index contributed by atoms with van der Waals surface area (Å²) in [4.78, 5) is 2.22. The zero-order valence-corrected chi connectivity index (χ0v) is 14.6. The van der Waals surface area contributed by atoms with Gasteiger partial charge in [-0.1, -0.05) is 12.1 Å². The van der Waals surface area contributed by atoms with E-state index in [1.165, 1.54) is 11.3 Å². The third-order valence-corrected chi connectivity index (χ3v) is 4.39. The average molecular weight is 343 g/mol. The molecule has 134 valence electrons. The number of benzene rings is 1. The molecule has 6 nitrogen and oxygen atoms in total. The first-order chi connectivity index (χ1) is 12.2. The molecular weight excluding hydrogens is 318 g/mol. The minimum absolute atomic E-state index is 0.228. The molecule has 1 aliphatic rings. The van der Waals surface area contributed by atoms with E-state index in [0.717, 1.165) is 31.5 Å². The first-order valence-electron chi connectivity index (χ1n) is 8.51. The number of hydrogen-bond donors (Lipinski definition) is 2. The summed E-state index contributed by atoms with van der Waals surface area (Å²) in [5.74, 6) is 1.32. The van der Waals surface area contributed by atoms with Crippen molar-refractivity contribution >= 4 is 0 Å². The first kappa shape index (κ1) is 17.5. The molecule has 2 N–H and O–H groups in total. The third kappa shape index (κ3) is 4.41. The summed E-state index contributed by atoms with van der Waals surface area (Å²) in [6, 6.07) is 5.80. The second-order valence-corrected chi connectivity index (χ2v) is 6.30. The number of methoxy groups -OCH3 is 1. The van der Waals surface area contributed by atoms with Crippen molar-refractivity contribution in [2.24, 2.45) is 0 Å². The summed E-state index contributed by atoms with van der Waals surface area (Å²) in [5, 5.41) is 17.4. The third-order valence-electron chi connectivity index (χ3n) is 4.39. The van der Waals surface area contributed by atoms with Crippen molar-refractivity contribution < 1.29 is 14.6 Å². The zero-order chi connectivity index (χ0) is 17.6. The van der Waals surface area contributed by atoms with Gasteiger partial charge in [0.1, 0.15) is 12.7 Å². The van der Waals surface area contributed by atoms with Crippen molar-refractivity contribution in [3.8, 4) is 11.5 Å². The summed E-state index contributed by atoms with van der Waals surface area (Å²) in [5.41, 5.74) is 3.52. The summed E-state index contributed by atoms with van der Waals surface area (Å²) in [6.45, 7) is 6.26. The molecule has 1 aromatic carbocycles. The molecule has 1 atom stereocenters. The maximum absolute atomic E-state index is 10.3. The summed E-state index contributed by atoms with van der Waals surface area (Å²) < 4.78 is 11.2. The van der Waals surface area contributed by atoms with Crippen LogP contribution >= 0.6 is 0 Å². The van der Waals surface area contributed by atoms with Crippen molar-refractivity contribution in [3.05, 3.63) is 53.9 Å². The van der Waals surface area contributed by atoms with E-state index in [4.69, 9.17) is 9.47 Å². The van der Waals surface area contributed by atoms with E-state index in [-0.39, 0.29) is 6.61 Å². The smallest absolute Gasteiger partial charge is 0.161 e. The lowest BCUT2D eigenvalue weighted by Gasteiger charge is -2.28. The van der Waals surface area contributed by atoms with Crippen LogP contribution in [0.25, 0.3) is 0 Å². The van der Waals surface area contributed by atoms with Crippen LogP contribution in [0.15, 0.2) is 37.1 Å². The van der Waals surface area contributed by atoms with E-state index in [1.807, 2.05) is 30.5 Å². The minimum atomic E-state index is -0.564. The number of aromatic amines is 1. The van der Waals surface area contributed by atoms with Gasteiger partial charge in [-0.3, -0.25) is 10.00 Å². The Labute approximate surface area is 148 Å². The number of β-amino-alcohol motifs (C(OH)–C–C–N with tert-alkyl or cyclic N) is 1. The fraction of sp³-hybridized carbons (Fsp3) is 0.421. The van der Waals surface area contributed by atoms with Gasteiger partial charge in [-0.25, -0.2) is 0 Å². The van der Waals surface area contributed by atoms with Crippen LogP contribution in [0.1, 0.15) is 16.8 Å². The molecule has 25 heavy (non-hydrogen) atoms.